The molecule has 0 aliphatic heterocycles. The third-order valence-corrected chi connectivity index (χ3v) is 4.13. The van der Waals surface area contributed by atoms with Gasteiger partial charge in [0.2, 0.25) is 0 Å². The van der Waals surface area contributed by atoms with Gasteiger partial charge >= 0.3 is 0 Å². The van der Waals surface area contributed by atoms with E-state index in [-0.39, 0.29) is 6.04 Å². The Morgan fingerprint density at radius 1 is 1.24 bits per heavy atom. The number of nitrogens with two attached hydrogens (primary N) is 1. The molecule has 0 amide bonds. The van der Waals surface area contributed by atoms with Crippen LogP contribution in [0.1, 0.15) is 23.6 Å². The van der Waals surface area contributed by atoms with Crippen molar-refractivity contribution in [3.05, 3.63) is 29.3 Å². The summed E-state index contributed by atoms with van der Waals surface area (Å²) in [5.41, 5.74) is 14.1. The molecule has 0 saturated heterocycles. The SMILES string of the molecule is CNc1nn(NC)c(NC)c1-c1ccc2c(c1)C(N)CC2. The number of anilines is 2. The molecule has 6 heteroatoms. The first-order valence-corrected chi connectivity index (χ1v) is 7.24. The third-order valence-electron chi connectivity index (χ3n) is 4.13. The van der Waals surface area contributed by atoms with E-state index < -0.39 is 0 Å². The van der Waals surface area contributed by atoms with Crippen LogP contribution < -0.4 is 21.8 Å². The lowest BCUT2D eigenvalue weighted by molar-refractivity contribution is 0.713. The number of aromatic nitrogens is 2. The Morgan fingerprint density at radius 2 is 2.05 bits per heavy atom. The second-order valence-electron chi connectivity index (χ2n) is 5.27. The second-order valence-corrected chi connectivity index (χ2v) is 5.27. The van der Waals surface area contributed by atoms with Crippen LogP contribution in [0.4, 0.5) is 11.6 Å². The molecule has 0 fully saturated rings. The number of hydrogen-bond donors (Lipinski definition) is 4. The summed E-state index contributed by atoms with van der Waals surface area (Å²) in [7, 11) is 5.62. The Morgan fingerprint density at radius 3 is 2.71 bits per heavy atom. The number of rotatable bonds is 4. The van der Waals surface area contributed by atoms with Gasteiger partial charge in [-0.1, -0.05) is 12.1 Å². The molecule has 112 valence electrons. The van der Waals surface area contributed by atoms with Crippen LogP contribution in [-0.2, 0) is 6.42 Å². The number of fused-ring (bicyclic) bond motifs is 1. The summed E-state index contributed by atoms with van der Waals surface area (Å²) in [5.74, 6) is 1.76. The number of nitrogens with one attached hydrogen (secondary N) is 3. The Bertz CT molecular complexity index is 660. The van der Waals surface area contributed by atoms with Gasteiger partial charge in [-0.2, -0.15) is 4.79 Å². The Kier molecular flexibility index (Phi) is 3.47. The summed E-state index contributed by atoms with van der Waals surface area (Å²) < 4.78 is 0. The lowest BCUT2D eigenvalue weighted by Crippen LogP contribution is -2.13. The van der Waals surface area contributed by atoms with Gasteiger partial charge in [-0.05, 0) is 35.6 Å². The van der Waals surface area contributed by atoms with Crippen LogP contribution in [0.3, 0.4) is 0 Å². The Balaban J connectivity index is 2.16. The minimum atomic E-state index is 0.148. The van der Waals surface area contributed by atoms with Crippen molar-refractivity contribution >= 4 is 11.6 Å². The van der Waals surface area contributed by atoms with E-state index in [1.54, 1.807) is 4.79 Å². The molecule has 1 aliphatic rings. The zero-order valence-electron chi connectivity index (χ0n) is 12.7. The second kappa shape index (κ2) is 5.29. The number of benzene rings is 1. The van der Waals surface area contributed by atoms with Crippen molar-refractivity contribution in [2.45, 2.75) is 18.9 Å². The Labute approximate surface area is 124 Å². The van der Waals surface area contributed by atoms with Gasteiger partial charge in [-0.15, -0.1) is 5.10 Å². The van der Waals surface area contributed by atoms with Gasteiger partial charge in [-0.25, -0.2) is 0 Å². The highest BCUT2D eigenvalue weighted by Gasteiger charge is 2.23. The predicted octanol–water partition coefficient (Wildman–Crippen LogP) is 1.75. The number of nitrogens with zero attached hydrogens (tertiary/aromatic N) is 2. The minimum Gasteiger partial charge on any atom is -0.371 e. The maximum Gasteiger partial charge on any atom is 0.160 e. The largest absolute Gasteiger partial charge is 0.371 e. The normalized spacial score (nSPS) is 16.7. The van der Waals surface area contributed by atoms with Gasteiger partial charge in [0.1, 0.15) is 0 Å². The highest BCUT2D eigenvalue weighted by Crippen LogP contribution is 2.38. The summed E-state index contributed by atoms with van der Waals surface area (Å²) in [5, 5.41) is 10.9. The lowest BCUT2D eigenvalue weighted by atomic mass is 10.0. The smallest absolute Gasteiger partial charge is 0.160 e. The van der Waals surface area contributed by atoms with Crippen molar-refractivity contribution in [3.63, 3.8) is 0 Å². The number of hydrogen-bond acceptors (Lipinski definition) is 5. The van der Waals surface area contributed by atoms with E-state index in [0.29, 0.717) is 0 Å². The van der Waals surface area contributed by atoms with Gasteiger partial charge in [-0.3, -0.25) is 0 Å². The summed E-state index contributed by atoms with van der Waals surface area (Å²) in [4.78, 5) is 1.73. The molecule has 1 aliphatic carbocycles. The summed E-state index contributed by atoms with van der Waals surface area (Å²) in [6.07, 6.45) is 2.11. The van der Waals surface area contributed by atoms with Crippen molar-refractivity contribution in [3.8, 4) is 11.1 Å². The molecule has 0 saturated carbocycles. The molecule has 5 N–H and O–H groups in total. The fraction of sp³-hybridized carbons (Fsp3) is 0.400. The minimum absolute atomic E-state index is 0.148. The molecule has 6 nitrogen and oxygen atoms in total. The molecule has 1 aromatic carbocycles. The van der Waals surface area contributed by atoms with E-state index >= 15 is 0 Å². The predicted molar refractivity (Wildman–Crippen MR) is 87.3 cm³/mol. The molecule has 2 aromatic rings. The van der Waals surface area contributed by atoms with E-state index in [4.69, 9.17) is 5.73 Å². The molecule has 1 aromatic heterocycles. The zero-order chi connectivity index (χ0) is 15.0. The maximum atomic E-state index is 6.20. The van der Waals surface area contributed by atoms with Gasteiger partial charge in [0.05, 0.1) is 5.56 Å². The quantitative estimate of drug-likeness (QED) is 0.688. The zero-order valence-corrected chi connectivity index (χ0v) is 12.7. The molecule has 0 bridgehead atoms. The van der Waals surface area contributed by atoms with Crippen LogP contribution in [0.5, 0.6) is 0 Å². The number of aryl methyl sites for hydroxylation is 1. The van der Waals surface area contributed by atoms with Crippen molar-refractivity contribution in [2.24, 2.45) is 5.73 Å². The van der Waals surface area contributed by atoms with E-state index in [9.17, 15) is 0 Å². The topological polar surface area (TPSA) is 79.9 Å². The average molecular weight is 286 g/mol. The van der Waals surface area contributed by atoms with E-state index in [1.165, 1.54) is 11.1 Å². The summed E-state index contributed by atoms with van der Waals surface area (Å²) in [6, 6.07) is 6.68. The van der Waals surface area contributed by atoms with Crippen LogP contribution in [0.25, 0.3) is 11.1 Å². The molecular formula is C15H22N6. The van der Waals surface area contributed by atoms with Crippen molar-refractivity contribution in [2.75, 3.05) is 37.2 Å². The van der Waals surface area contributed by atoms with Crippen LogP contribution in [0.15, 0.2) is 18.2 Å². The highest BCUT2D eigenvalue weighted by atomic mass is 15.6. The summed E-state index contributed by atoms with van der Waals surface area (Å²) in [6.45, 7) is 0. The third kappa shape index (κ3) is 2.12. The summed E-state index contributed by atoms with van der Waals surface area (Å²) >= 11 is 0. The van der Waals surface area contributed by atoms with E-state index in [2.05, 4.69) is 39.4 Å². The molecule has 1 atom stereocenters. The lowest BCUT2D eigenvalue weighted by Gasteiger charge is -2.11. The van der Waals surface area contributed by atoms with Crippen molar-refractivity contribution < 1.29 is 0 Å². The van der Waals surface area contributed by atoms with Crippen molar-refractivity contribution in [1.82, 2.24) is 9.89 Å². The van der Waals surface area contributed by atoms with E-state index in [1.807, 2.05) is 21.1 Å². The first kappa shape index (κ1) is 13.8. The van der Waals surface area contributed by atoms with Gasteiger partial charge in [0.15, 0.2) is 11.6 Å². The maximum absolute atomic E-state index is 6.20. The molecule has 0 spiro atoms. The van der Waals surface area contributed by atoms with E-state index in [0.717, 1.165) is 35.6 Å². The molecule has 0 radical (unpaired) electrons. The first-order valence-electron chi connectivity index (χ1n) is 7.24. The Hall–Kier alpha value is -2.21. The molecule has 1 heterocycles. The standard InChI is InChI=1S/C15H22N6/c1-17-14-13(15(18-2)21(19-3)20-14)10-5-4-9-6-7-12(16)11(9)8-10/h4-5,8,12,18-19H,6-7,16H2,1-3H3,(H,17,20). The fourth-order valence-electron chi connectivity index (χ4n) is 3.05. The van der Waals surface area contributed by atoms with Crippen LogP contribution >= 0.6 is 0 Å². The molecule has 21 heavy (non-hydrogen) atoms. The van der Waals surface area contributed by atoms with Gasteiger partial charge in [0, 0.05) is 27.2 Å². The molecular weight excluding hydrogens is 264 g/mol. The molecule has 1 unspecified atom stereocenters. The van der Waals surface area contributed by atoms with Crippen LogP contribution in [-0.4, -0.2) is 31.0 Å². The van der Waals surface area contributed by atoms with Gasteiger partial charge < -0.3 is 21.8 Å². The fourth-order valence-corrected chi connectivity index (χ4v) is 3.05. The monoisotopic (exact) mass is 286 g/mol. The molecule has 3 rings (SSSR count). The highest BCUT2D eigenvalue weighted by molar-refractivity contribution is 5.86. The average Bonchev–Trinajstić information content (AvgIpc) is 3.07. The first-order chi connectivity index (χ1) is 10.2. The van der Waals surface area contributed by atoms with Crippen molar-refractivity contribution in [1.29, 1.82) is 0 Å². The van der Waals surface area contributed by atoms with Gasteiger partial charge in [0.25, 0.3) is 0 Å². The van der Waals surface area contributed by atoms with Crippen LogP contribution in [0.2, 0.25) is 0 Å². The van der Waals surface area contributed by atoms with Crippen LogP contribution in [0, 0.1) is 0 Å².